The molecular weight excluding hydrogens is 446 g/mol. The first-order valence-corrected chi connectivity index (χ1v) is 11.0. The van der Waals surface area contributed by atoms with Gasteiger partial charge in [0.1, 0.15) is 11.5 Å². The molecule has 1 saturated heterocycles. The van der Waals surface area contributed by atoms with Crippen molar-refractivity contribution in [1.29, 1.82) is 0 Å². The Labute approximate surface area is 198 Å². The lowest BCUT2D eigenvalue weighted by Gasteiger charge is -2.21. The molecule has 176 valence electrons. The van der Waals surface area contributed by atoms with Gasteiger partial charge in [-0.2, -0.15) is 0 Å². The normalized spacial score (nSPS) is 15.5. The van der Waals surface area contributed by atoms with Gasteiger partial charge in [0.05, 0.1) is 30.8 Å². The van der Waals surface area contributed by atoms with E-state index < -0.39 is 5.92 Å². The van der Waals surface area contributed by atoms with Gasteiger partial charge in [0.2, 0.25) is 17.7 Å². The quantitative estimate of drug-likeness (QED) is 0.610. The molecule has 3 amide bonds. The third-order valence-electron chi connectivity index (χ3n) is 5.43. The predicted octanol–water partition coefficient (Wildman–Crippen LogP) is 3.62. The smallest absolute Gasteiger partial charge is 0.227 e. The van der Waals surface area contributed by atoms with Crippen LogP contribution in [0.3, 0.4) is 0 Å². The molecule has 1 atom stereocenters. The molecule has 1 fully saturated rings. The number of nitrogens with zero attached hydrogens (tertiary/aromatic N) is 1. The van der Waals surface area contributed by atoms with Crippen molar-refractivity contribution in [2.75, 3.05) is 31.0 Å². The van der Waals surface area contributed by atoms with Gasteiger partial charge in [0, 0.05) is 37.2 Å². The molecule has 33 heavy (non-hydrogen) atoms. The fourth-order valence-corrected chi connectivity index (χ4v) is 3.79. The molecular formula is C24H28ClN3O5. The third kappa shape index (κ3) is 5.76. The Hall–Kier alpha value is -3.26. The molecule has 1 heterocycles. The minimum absolute atomic E-state index is 0.0743. The molecule has 1 aliphatic heterocycles. The molecule has 0 aromatic heterocycles. The summed E-state index contributed by atoms with van der Waals surface area (Å²) in [5, 5.41) is 6.08. The Kier molecular flexibility index (Phi) is 7.81. The topological polar surface area (TPSA) is 97.0 Å². The number of ether oxygens (including phenoxy) is 2. The summed E-state index contributed by atoms with van der Waals surface area (Å²) in [6, 6.07) is 10.5. The van der Waals surface area contributed by atoms with Crippen LogP contribution in [0.25, 0.3) is 0 Å². The van der Waals surface area contributed by atoms with E-state index >= 15 is 0 Å². The largest absolute Gasteiger partial charge is 0.495 e. The number of hydrogen-bond acceptors (Lipinski definition) is 5. The molecule has 0 bridgehead atoms. The van der Waals surface area contributed by atoms with Gasteiger partial charge in [-0.05, 0) is 23.8 Å². The minimum Gasteiger partial charge on any atom is -0.495 e. The molecule has 0 spiro atoms. The molecule has 2 aromatic carbocycles. The summed E-state index contributed by atoms with van der Waals surface area (Å²) in [5.41, 5.74) is 2.01. The van der Waals surface area contributed by atoms with Crippen molar-refractivity contribution in [3.63, 3.8) is 0 Å². The van der Waals surface area contributed by atoms with Crippen LogP contribution < -0.4 is 25.0 Å². The standard InChI is InChI=1S/C24H28ClN3O5/c1-14(2)23(30)27-17-7-5-6-15(8-17)12-26-24(31)16-9-22(29)28(13-16)19-10-18(25)20(32-3)11-21(19)33-4/h5-8,10-11,14,16H,9,12-13H2,1-4H3,(H,26,31)(H,27,30). The van der Waals surface area contributed by atoms with Gasteiger partial charge < -0.3 is 25.0 Å². The van der Waals surface area contributed by atoms with E-state index in [-0.39, 0.29) is 43.1 Å². The summed E-state index contributed by atoms with van der Waals surface area (Å²) in [6.07, 6.45) is 0.0864. The minimum atomic E-state index is -0.507. The Morgan fingerprint density at radius 3 is 2.55 bits per heavy atom. The lowest BCUT2D eigenvalue weighted by molar-refractivity contribution is -0.126. The molecule has 2 aromatic rings. The van der Waals surface area contributed by atoms with Crippen molar-refractivity contribution in [3.8, 4) is 11.5 Å². The second-order valence-corrected chi connectivity index (χ2v) is 8.53. The first kappa shape index (κ1) is 24.4. The SMILES string of the molecule is COc1cc(OC)c(N2CC(C(=O)NCc3cccc(NC(=O)C(C)C)c3)CC2=O)cc1Cl. The highest BCUT2D eigenvalue weighted by molar-refractivity contribution is 6.32. The van der Waals surface area contributed by atoms with Crippen LogP contribution in [0.15, 0.2) is 36.4 Å². The van der Waals surface area contributed by atoms with Gasteiger partial charge in [-0.1, -0.05) is 37.6 Å². The number of carbonyl (C=O) groups excluding carboxylic acids is 3. The molecule has 2 N–H and O–H groups in total. The van der Waals surface area contributed by atoms with Gasteiger partial charge >= 0.3 is 0 Å². The summed E-state index contributed by atoms with van der Waals surface area (Å²) >= 11 is 6.24. The fourth-order valence-electron chi connectivity index (χ4n) is 3.55. The number of anilines is 2. The maximum absolute atomic E-state index is 12.8. The molecule has 0 saturated carbocycles. The van der Waals surface area contributed by atoms with Crippen LogP contribution in [-0.4, -0.2) is 38.5 Å². The van der Waals surface area contributed by atoms with Crippen molar-refractivity contribution in [2.24, 2.45) is 11.8 Å². The zero-order chi connectivity index (χ0) is 24.1. The average molecular weight is 474 g/mol. The number of hydrogen-bond donors (Lipinski definition) is 2. The van der Waals surface area contributed by atoms with Crippen LogP contribution in [0.5, 0.6) is 11.5 Å². The maximum atomic E-state index is 12.8. The Morgan fingerprint density at radius 2 is 1.88 bits per heavy atom. The number of amides is 3. The van der Waals surface area contributed by atoms with Crippen molar-refractivity contribution in [3.05, 3.63) is 47.0 Å². The van der Waals surface area contributed by atoms with Gasteiger partial charge in [-0.25, -0.2) is 0 Å². The second kappa shape index (κ2) is 10.6. The van der Waals surface area contributed by atoms with Crippen molar-refractivity contribution in [1.82, 2.24) is 5.32 Å². The van der Waals surface area contributed by atoms with E-state index in [1.807, 2.05) is 32.0 Å². The Morgan fingerprint density at radius 1 is 1.15 bits per heavy atom. The van der Waals surface area contributed by atoms with Crippen LogP contribution in [0.2, 0.25) is 5.02 Å². The predicted molar refractivity (Wildman–Crippen MR) is 127 cm³/mol. The number of carbonyl (C=O) groups is 3. The molecule has 0 aliphatic carbocycles. The van der Waals surface area contributed by atoms with Crippen LogP contribution in [0.4, 0.5) is 11.4 Å². The van der Waals surface area contributed by atoms with Crippen LogP contribution in [-0.2, 0) is 20.9 Å². The second-order valence-electron chi connectivity index (χ2n) is 8.13. The van der Waals surface area contributed by atoms with Gasteiger partial charge in [0.15, 0.2) is 0 Å². The van der Waals surface area contributed by atoms with Crippen molar-refractivity contribution >= 4 is 40.7 Å². The zero-order valence-corrected chi connectivity index (χ0v) is 19.9. The van der Waals surface area contributed by atoms with E-state index in [2.05, 4.69) is 10.6 Å². The Balaban J connectivity index is 1.65. The summed E-state index contributed by atoms with van der Waals surface area (Å²) in [7, 11) is 2.99. The van der Waals surface area contributed by atoms with Crippen molar-refractivity contribution < 1.29 is 23.9 Å². The first-order valence-electron chi connectivity index (χ1n) is 10.6. The third-order valence-corrected chi connectivity index (χ3v) is 5.72. The molecule has 0 radical (unpaired) electrons. The van der Waals surface area contributed by atoms with Crippen LogP contribution >= 0.6 is 11.6 Å². The molecule has 3 rings (SSSR count). The molecule has 1 aliphatic rings. The number of nitrogens with one attached hydrogen (secondary N) is 2. The van der Waals surface area contributed by atoms with Gasteiger partial charge in [-0.3, -0.25) is 14.4 Å². The molecule has 1 unspecified atom stereocenters. The van der Waals surface area contributed by atoms with E-state index in [1.54, 1.807) is 18.2 Å². The van der Waals surface area contributed by atoms with E-state index in [0.29, 0.717) is 27.9 Å². The number of rotatable bonds is 8. The van der Waals surface area contributed by atoms with E-state index in [9.17, 15) is 14.4 Å². The fraction of sp³-hybridized carbons (Fsp3) is 0.375. The van der Waals surface area contributed by atoms with Crippen molar-refractivity contribution in [2.45, 2.75) is 26.8 Å². The van der Waals surface area contributed by atoms with Gasteiger partial charge in [0.25, 0.3) is 0 Å². The monoisotopic (exact) mass is 473 g/mol. The van der Waals surface area contributed by atoms with Crippen LogP contribution in [0.1, 0.15) is 25.8 Å². The summed E-state index contributed by atoms with van der Waals surface area (Å²) in [6.45, 7) is 4.14. The zero-order valence-electron chi connectivity index (χ0n) is 19.1. The highest BCUT2D eigenvalue weighted by atomic mass is 35.5. The number of halogens is 1. The summed E-state index contributed by atoms with van der Waals surface area (Å²) < 4.78 is 10.6. The summed E-state index contributed by atoms with van der Waals surface area (Å²) in [4.78, 5) is 38.9. The lowest BCUT2D eigenvalue weighted by atomic mass is 10.1. The maximum Gasteiger partial charge on any atom is 0.227 e. The molecule has 9 heteroatoms. The Bertz CT molecular complexity index is 1060. The van der Waals surface area contributed by atoms with Crippen LogP contribution in [0, 0.1) is 11.8 Å². The van der Waals surface area contributed by atoms with E-state index in [1.165, 1.54) is 19.1 Å². The highest BCUT2D eigenvalue weighted by Crippen LogP contribution is 2.40. The number of benzene rings is 2. The number of methoxy groups -OCH3 is 2. The summed E-state index contributed by atoms with van der Waals surface area (Å²) in [5.74, 6) is -0.248. The lowest BCUT2D eigenvalue weighted by Crippen LogP contribution is -2.32. The molecule has 8 nitrogen and oxygen atoms in total. The average Bonchev–Trinajstić information content (AvgIpc) is 3.18. The van der Waals surface area contributed by atoms with E-state index in [4.69, 9.17) is 21.1 Å². The highest BCUT2D eigenvalue weighted by Gasteiger charge is 2.36. The van der Waals surface area contributed by atoms with Gasteiger partial charge in [-0.15, -0.1) is 0 Å². The first-order chi connectivity index (χ1) is 15.7. The van der Waals surface area contributed by atoms with E-state index in [0.717, 1.165) is 5.56 Å².